The number of amides is 1. The average Bonchev–Trinajstić information content (AvgIpc) is 3.06. The second kappa shape index (κ2) is 8.27. The molecule has 2 aliphatic rings. The Bertz CT molecular complexity index is 316. The minimum atomic E-state index is -0.366. The summed E-state index contributed by atoms with van der Waals surface area (Å²) in [6.45, 7) is 1.66. The Labute approximate surface area is 120 Å². The molecule has 0 aromatic carbocycles. The van der Waals surface area contributed by atoms with E-state index >= 15 is 0 Å². The fourth-order valence-electron chi connectivity index (χ4n) is 3.06. The highest BCUT2D eigenvalue weighted by Crippen LogP contribution is 2.52. The van der Waals surface area contributed by atoms with Gasteiger partial charge in [-0.3, -0.25) is 0 Å². The van der Waals surface area contributed by atoms with Crippen molar-refractivity contribution in [1.29, 1.82) is 0 Å². The first-order valence-corrected chi connectivity index (χ1v) is 7.57. The highest BCUT2D eigenvalue weighted by atomic mass is 16.5. The molecule has 114 valence electrons. The van der Waals surface area contributed by atoms with Gasteiger partial charge in [0.05, 0.1) is 26.4 Å². The molecule has 0 aliphatic heterocycles. The lowest BCUT2D eigenvalue weighted by atomic mass is 10.1. The standard InChI is InChI=1S/C15H25NO4/c17-8-10-19-9-7-16-15(18)20-11-14-12-5-3-1-2-4-6-13(12)14/h1-2,12-14,17H,3-11H2,(H,16,18)/b2-1-/t12-,13+,14-. The molecule has 2 aliphatic carbocycles. The van der Waals surface area contributed by atoms with E-state index < -0.39 is 0 Å². The number of carbonyl (C=O) groups excluding carboxylic acids is 1. The third kappa shape index (κ3) is 4.80. The van der Waals surface area contributed by atoms with Gasteiger partial charge >= 0.3 is 6.09 Å². The summed E-state index contributed by atoms with van der Waals surface area (Å²) in [6, 6.07) is 0. The molecule has 5 heteroatoms. The van der Waals surface area contributed by atoms with Gasteiger partial charge in [0.1, 0.15) is 0 Å². The Hall–Kier alpha value is -1.07. The van der Waals surface area contributed by atoms with E-state index in [1.165, 1.54) is 12.8 Å². The van der Waals surface area contributed by atoms with E-state index in [4.69, 9.17) is 14.6 Å². The smallest absolute Gasteiger partial charge is 0.407 e. The molecule has 0 spiro atoms. The third-order valence-corrected chi connectivity index (χ3v) is 4.17. The maximum atomic E-state index is 11.5. The Balaban J connectivity index is 1.53. The maximum Gasteiger partial charge on any atom is 0.407 e. The van der Waals surface area contributed by atoms with Gasteiger partial charge in [0.25, 0.3) is 0 Å². The lowest BCUT2D eigenvalue weighted by Crippen LogP contribution is -2.29. The Morgan fingerprint density at radius 2 is 1.90 bits per heavy atom. The summed E-state index contributed by atoms with van der Waals surface area (Å²) in [5, 5.41) is 11.2. The summed E-state index contributed by atoms with van der Waals surface area (Å²) in [4.78, 5) is 11.5. The molecule has 5 nitrogen and oxygen atoms in total. The van der Waals surface area contributed by atoms with Gasteiger partial charge in [-0.15, -0.1) is 0 Å². The van der Waals surface area contributed by atoms with Gasteiger partial charge in [-0.1, -0.05) is 12.2 Å². The maximum absolute atomic E-state index is 11.5. The van der Waals surface area contributed by atoms with E-state index in [-0.39, 0.29) is 12.7 Å². The number of alkyl carbamates (subject to hydrolysis) is 1. The molecular weight excluding hydrogens is 258 g/mol. The third-order valence-electron chi connectivity index (χ3n) is 4.17. The second-order valence-corrected chi connectivity index (χ2v) is 5.48. The first-order valence-electron chi connectivity index (χ1n) is 7.57. The zero-order chi connectivity index (χ0) is 14.2. The van der Waals surface area contributed by atoms with E-state index in [2.05, 4.69) is 17.5 Å². The van der Waals surface area contributed by atoms with Crippen molar-refractivity contribution < 1.29 is 19.4 Å². The molecule has 0 aromatic heterocycles. The molecule has 0 unspecified atom stereocenters. The minimum Gasteiger partial charge on any atom is -0.449 e. The van der Waals surface area contributed by atoms with Crippen LogP contribution in [-0.2, 0) is 9.47 Å². The van der Waals surface area contributed by atoms with E-state index in [0.717, 1.165) is 24.7 Å². The number of rotatable bonds is 7. The summed E-state index contributed by atoms with van der Waals surface area (Å²) < 4.78 is 10.3. The van der Waals surface area contributed by atoms with Crippen LogP contribution in [0.4, 0.5) is 4.79 Å². The topological polar surface area (TPSA) is 67.8 Å². The van der Waals surface area contributed by atoms with Crippen molar-refractivity contribution in [3.63, 3.8) is 0 Å². The monoisotopic (exact) mass is 283 g/mol. The van der Waals surface area contributed by atoms with Crippen molar-refractivity contribution in [3.05, 3.63) is 12.2 Å². The van der Waals surface area contributed by atoms with Gasteiger partial charge in [-0.25, -0.2) is 4.79 Å². The van der Waals surface area contributed by atoms with Gasteiger partial charge < -0.3 is 19.9 Å². The number of aliphatic hydroxyl groups is 1. The van der Waals surface area contributed by atoms with Crippen molar-refractivity contribution in [2.24, 2.45) is 17.8 Å². The lowest BCUT2D eigenvalue weighted by molar-refractivity contribution is 0.0900. The number of hydrogen-bond acceptors (Lipinski definition) is 4. The highest BCUT2D eigenvalue weighted by molar-refractivity contribution is 5.67. The molecule has 3 atom stereocenters. The summed E-state index contributed by atoms with van der Waals surface area (Å²) in [7, 11) is 0. The van der Waals surface area contributed by atoms with E-state index in [1.807, 2.05) is 0 Å². The molecular formula is C15H25NO4. The van der Waals surface area contributed by atoms with Crippen molar-refractivity contribution in [1.82, 2.24) is 5.32 Å². The number of aliphatic hydroxyl groups excluding tert-OH is 1. The lowest BCUT2D eigenvalue weighted by Gasteiger charge is -2.07. The minimum absolute atomic E-state index is 0.00373. The average molecular weight is 283 g/mol. The normalized spacial score (nSPS) is 29.8. The molecule has 1 saturated carbocycles. The van der Waals surface area contributed by atoms with Crippen LogP contribution in [0.25, 0.3) is 0 Å². The zero-order valence-corrected chi connectivity index (χ0v) is 11.9. The van der Waals surface area contributed by atoms with Crippen LogP contribution in [0.2, 0.25) is 0 Å². The molecule has 1 fully saturated rings. The van der Waals surface area contributed by atoms with Crippen LogP contribution < -0.4 is 5.32 Å². The summed E-state index contributed by atoms with van der Waals surface area (Å²) in [5.41, 5.74) is 0. The van der Waals surface area contributed by atoms with Crippen LogP contribution in [0.1, 0.15) is 25.7 Å². The van der Waals surface area contributed by atoms with Gasteiger partial charge in [-0.2, -0.15) is 0 Å². The molecule has 20 heavy (non-hydrogen) atoms. The Kier molecular flexibility index (Phi) is 6.33. The number of ether oxygens (including phenoxy) is 2. The predicted octanol–water partition coefficient (Wildman–Crippen LogP) is 1.71. The fraction of sp³-hybridized carbons (Fsp3) is 0.800. The summed E-state index contributed by atoms with van der Waals surface area (Å²) in [6.07, 6.45) is 8.95. The van der Waals surface area contributed by atoms with Crippen molar-refractivity contribution in [2.45, 2.75) is 25.7 Å². The molecule has 0 saturated heterocycles. The Morgan fingerprint density at radius 3 is 2.55 bits per heavy atom. The molecule has 2 rings (SSSR count). The van der Waals surface area contributed by atoms with Gasteiger partial charge in [0, 0.05) is 6.54 Å². The van der Waals surface area contributed by atoms with Crippen LogP contribution in [-0.4, -0.2) is 44.2 Å². The number of nitrogens with one attached hydrogen (secondary N) is 1. The first kappa shape index (κ1) is 15.3. The van der Waals surface area contributed by atoms with Crippen LogP contribution in [0, 0.1) is 17.8 Å². The molecule has 0 heterocycles. The first-order chi connectivity index (χ1) is 9.83. The molecule has 0 radical (unpaired) electrons. The van der Waals surface area contributed by atoms with Crippen molar-refractivity contribution in [3.8, 4) is 0 Å². The fourth-order valence-corrected chi connectivity index (χ4v) is 3.06. The Morgan fingerprint density at radius 1 is 1.20 bits per heavy atom. The molecule has 0 aromatic rings. The van der Waals surface area contributed by atoms with E-state index in [1.54, 1.807) is 0 Å². The number of carbonyl (C=O) groups is 1. The molecule has 2 N–H and O–H groups in total. The highest BCUT2D eigenvalue weighted by Gasteiger charge is 2.49. The summed E-state index contributed by atoms with van der Waals surface area (Å²) >= 11 is 0. The molecule has 0 bridgehead atoms. The second-order valence-electron chi connectivity index (χ2n) is 5.48. The number of hydrogen-bond donors (Lipinski definition) is 2. The van der Waals surface area contributed by atoms with Crippen LogP contribution in [0.15, 0.2) is 12.2 Å². The van der Waals surface area contributed by atoms with Gasteiger partial charge in [-0.05, 0) is 43.4 Å². The van der Waals surface area contributed by atoms with Crippen molar-refractivity contribution >= 4 is 6.09 Å². The quantitative estimate of drug-likeness (QED) is 0.551. The van der Waals surface area contributed by atoms with E-state index in [0.29, 0.717) is 32.3 Å². The zero-order valence-electron chi connectivity index (χ0n) is 11.9. The van der Waals surface area contributed by atoms with E-state index in [9.17, 15) is 4.79 Å². The predicted molar refractivity (Wildman–Crippen MR) is 75.3 cm³/mol. The van der Waals surface area contributed by atoms with Gasteiger partial charge in [0.15, 0.2) is 0 Å². The summed E-state index contributed by atoms with van der Waals surface area (Å²) in [5.74, 6) is 2.06. The van der Waals surface area contributed by atoms with Gasteiger partial charge in [0.2, 0.25) is 0 Å². The largest absolute Gasteiger partial charge is 0.449 e. The number of allylic oxidation sites excluding steroid dienone is 2. The van der Waals surface area contributed by atoms with Crippen LogP contribution in [0.3, 0.4) is 0 Å². The molecule has 1 amide bonds. The SMILES string of the molecule is O=C(NCCOCCO)OC[C@@H]1[C@@H]2CC/C=C\CC[C@@H]21. The number of fused-ring (bicyclic) bond motifs is 1. The van der Waals surface area contributed by atoms with Crippen molar-refractivity contribution in [2.75, 3.05) is 33.0 Å². The van der Waals surface area contributed by atoms with Crippen LogP contribution in [0.5, 0.6) is 0 Å². The van der Waals surface area contributed by atoms with Crippen LogP contribution >= 0.6 is 0 Å².